The molecule has 2 N–H and O–H groups in total. The van der Waals surface area contributed by atoms with Gasteiger partial charge in [0.1, 0.15) is 0 Å². The predicted molar refractivity (Wildman–Crippen MR) is 78.6 cm³/mol. The molecular formula is C15H15ClN2O. The highest BCUT2D eigenvalue weighted by atomic mass is 35.5. The molecule has 0 aliphatic carbocycles. The van der Waals surface area contributed by atoms with Crippen LogP contribution < -0.4 is 10.6 Å². The molecule has 1 aliphatic heterocycles. The first-order valence-electron chi connectivity index (χ1n) is 6.02. The van der Waals surface area contributed by atoms with E-state index in [2.05, 4.69) is 16.7 Å². The van der Waals surface area contributed by atoms with E-state index in [4.69, 9.17) is 0 Å². The molecule has 2 aromatic rings. The Labute approximate surface area is 118 Å². The van der Waals surface area contributed by atoms with Crippen molar-refractivity contribution in [3.05, 3.63) is 65.2 Å². The Morgan fingerprint density at radius 1 is 1.00 bits per heavy atom. The molecule has 0 atom stereocenters. The highest BCUT2D eigenvalue weighted by molar-refractivity contribution is 6.04. The standard InChI is InChI=1S/C15H14N2O.ClH/c18-15(11-4-2-1-3-5-11)17-14-7-6-12-9-16-10-13(12)8-14;/h1-8,16H,9-10H2,(H,17,18);1H. The summed E-state index contributed by atoms with van der Waals surface area (Å²) >= 11 is 0. The van der Waals surface area contributed by atoms with Crippen molar-refractivity contribution in [2.45, 2.75) is 13.1 Å². The lowest BCUT2D eigenvalue weighted by Gasteiger charge is -2.07. The van der Waals surface area contributed by atoms with Crippen LogP contribution in [0.15, 0.2) is 48.5 Å². The number of carbonyl (C=O) groups excluding carboxylic acids is 1. The number of fused-ring (bicyclic) bond motifs is 1. The fourth-order valence-electron chi connectivity index (χ4n) is 2.17. The van der Waals surface area contributed by atoms with E-state index >= 15 is 0 Å². The second kappa shape index (κ2) is 5.87. The third-order valence-electron chi connectivity index (χ3n) is 3.13. The van der Waals surface area contributed by atoms with Gasteiger partial charge >= 0.3 is 0 Å². The first-order valence-corrected chi connectivity index (χ1v) is 6.02. The number of benzene rings is 2. The summed E-state index contributed by atoms with van der Waals surface area (Å²) in [5.41, 5.74) is 4.11. The fourth-order valence-corrected chi connectivity index (χ4v) is 2.17. The summed E-state index contributed by atoms with van der Waals surface area (Å²) in [6.45, 7) is 1.80. The molecule has 0 radical (unpaired) electrons. The van der Waals surface area contributed by atoms with E-state index in [1.165, 1.54) is 11.1 Å². The number of amides is 1. The Balaban J connectivity index is 0.00000133. The van der Waals surface area contributed by atoms with Gasteiger partial charge in [-0.05, 0) is 35.4 Å². The van der Waals surface area contributed by atoms with Crippen molar-refractivity contribution in [2.75, 3.05) is 5.32 Å². The summed E-state index contributed by atoms with van der Waals surface area (Å²) in [4.78, 5) is 12.0. The Hall–Kier alpha value is -1.84. The van der Waals surface area contributed by atoms with Gasteiger partial charge in [0.2, 0.25) is 0 Å². The predicted octanol–water partition coefficient (Wildman–Crippen LogP) is 2.96. The van der Waals surface area contributed by atoms with E-state index < -0.39 is 0 Å². The van der Waals surface area contributed by atoms with Crippen LogP contribution in [-0.2, 0) is 13.1 Å². The number of anilines is 1. The second-order valence-electron chi connectivity index (χ2n) is 4.41. The molecule has 4 heteroatoms. The average Bonchev–Trinajstić information content (AvgIpc) is 2.87. The molecule has 0 fully saturated rings. The molecule has 0 aromatic heterocycles. The van der Waals surface area contributed by atoms with Crippen LogP contribution in [0.3, 0.4) is 0 Å². The van der Waals surface area contributed by atoms with Gasteiger partial charge in [0.05, 0.1) is 0 Å². The minimum Gasteiger partial charge on any atom is -0.322 e. The number of hydrogen-bond acceptors (Lipinski definition) is 2. The van der Waals surface area contributed by atoms with E-state index in [9.17, 15) is 4.79 Å². The summed E-state index contributed by atoms with van der Waals surface area (Å²) < 4.78 is 0. The summed E-state index contributed by atoms with van der Waals surface area (Å²) in [7, 11) is 0. The summed E-state index contributed by atoms with van der Waals surface area (Å²) in [6, 6.07) is 15.3. The quantitative estimate of drug-likeness (QED) is 0.884. The minimum absolute atomic E-state index is 0. The zero-order valence-electron chi connectivity index (χ0n) is 10.3. The van der Waals surface area contributed by atoms with Crippen molar-refractivity contribution in [3.63, 3.8) is 0 Å². The van der Waals surface area contributed by atoms with E-state index in [0.29, 0.717) is 5.56 Å². The maximum absolute atomic E-state index is 12.0. The molecule has 0 unspecified atom stereocenters. The van der Waals surface area contributed by atoms with Gasteiger partial charge in [0.15, 0.2) is 0 Å². The van der Waals surface area contributed by atoms with E-state index in [-0.39, 0.29) is 18.3 Å². The van der Waals surface area contributed by atoms with Gasteiger partial charge in [-0.15, -0.1) is 12.4 Å². The SMILES string of the molecule is Cl.O=C(Nc1ccc2c(c1)CNC2)c1ccccc1. The van der Waals surface area contributed by atoms with Crippen LogP contribution in [0.1, 0.15) is 21.5 Å². The molecule has 1 aliphatic rings. The Bertz CT molecular complexity index is 584. The topological polar surface area (TPSA) is 41.1 Å². The van der Waals surface area contributed by atoms with Crippen molar-refractivity contribution in [1.82, 2.24) is 5.32 Å². The van der Waals surface area contributed by atoms with Gasteiger partial charge < -0.3 is 10.6 Å². The highest BCUT2D eigenvalue weighted by Crippen LogP contribution is 2.20. The summed E-state index contributed by atoms with van der Waals surface area (Å²) in [5, 5.41) is 6.21. The van der Waals surface area contributed by atoms with Crippen LogP contribution in [0.4, 0.5) is 5.69 Å². The number of rotatable bonds is 2. The molecule has 0 spiro atoms. The molecule has 0 bridgehead atoms. The first-order chi connectivity index (χ1) is 8.83. The van der Waals surface area contributed by atoms with Crippen molar-refractivity contribution in [3.8, 4) is 0 Å². The molecule has 1 heterocycles. The van der Waals surface area contributed by atoms with Crippen LogP contribution in [0.5, 0.6) is 0 Å². The van der Waals surface area contributed by atoms with Gasteiger partial charge in [0, 0.05) is 24.3 Å². The van der Waals surface area contributed by atoms with Gasteiger partial charge in [-0.3, -0.25) is 4.79 Å². The molecule has 19 heavy (non-hydrogen) atoms. The minimum atomic E-state index is -0.0680. The lowest BCUT2D eigenvalue weighted by molar-refractivity contribution is 0.102. The smallest absolute Gasteiger partial charge is 0.255 e. The number of halogens is 1. The lowest BCUT2D eigenvalue weighted by Crippen LogP contribution is -2.11. The molecule has 2 aromatic carbocycles. The van der Waals surface area contributed by atoms with Crippen LogP contribution in [-0.4, -0.2) is 5.91 Å². The van der Waals surface area contributed by atoms with Crippen LogP contribution >= 0.6 is 12.4 Å². The van der Waals surface area contributed by atoms with Crippen molar-refractivity contribution in [2.24, 2.45) is 0 Å². The van der Waals surface area contributed by atoms with Crippen LogP contribution in [0.25, 0.3) is 0 Å². The van der Waals surface area contributed by atoms with E-state index in [1.54, 1.807) is 0 Å². The van der Waals surface area contributed by atoms with Gasteiger partial charge in [-0.1, -0.05) is 24.3 Å². The van der Waals surface area contributed by atoms with E-state index in [0.717, 1.165) is 18.8 Å². The zero-order chi connectivity index (χ0) is 12.4. The molecule has 0 saturated carbocycles. The van der Waals surface area contributed by atoms with Gasteiger partial charge in [-0.25, -0.2) is 0 Å². The molecule has 1 amide bonds. The van der Waals surface area contributed by atoms with Crippen molar-refractivity contribution in [1.29, 1.82) is 0 Å². The molecule has 98 valence electrons. The highest BCUT2D eigenvalue weighted by Gasteiger charge is 2.11. The fraction of sp³-hybridized carbons (Fsp3) is 0.133. The van der Waals surface area contributed by atoms with Gasteiger partial charge in [0.25, 0.3) is 5.91 Å². The first kappa shape index (κ1) is 13.6. The third-order valence-corrected chi connectivity index (χ3v) is 3.13. The average molecular weight is 275 g/mol. The normalized spacial score (nSPS) is 12.4. The second-order valence-corrected chi connectivity index (χ2v) is 4.41. The maximum atomic E-state index is 12.0. The largest absolute Gasteiger partial charge is 0.322 e. The van der Waals surface area contributed by atoms with Crippen LogP contribution in [0, 0.1) is 0 Å². The Morgan fingerprint density at radius 3 is 2.53 bits per heavy atom. The zero-order valence-corrected chi connectivity index (χ0v) is 11.2. The van der Waals surface area contributed by atoms with Crippen molar-refractivity contribution >= 4 is 24.0 Å². The molecular weight excluding hydrogens is 260 g/mol. The van der Waals surface area contributed by atoms with Crippen LogP contribution in [0.2, 0.25) is 0 Å². The number of carbonyl (C=O) groups is 1. The molecule has 3 rings (SSSR count). The summed E-state index contributed by atoms with van der Waals surface area (Å²) in [5.74, 6) is -0.0680. The number of nitrogens with one attached hydrogen (secondary N) is 2. The molecule has 3 nitrogen and oxygen atoms in total. The monoisotopic (exact) mass is 274 g/mol. The third kappa shape index (κ3) is 2.95. The van der Waals surface area contributed by atoms with Crippen molar-refractivity contribution < 1.29 is 4.79 Å². The van der Waals surface area contributed by atoms with E-state index in [1.807, 2.05) is 42.5 Å². The Morgan fingerprint density at radius 2 is 1.74 bits per heavy atom. The number of hydrogen-bond donors (Lipinski definition) is 2. The summed E-state index contributed by atoms with van der Waals surface area (Å²) in [6.07, 6.45) is 0. The molecule has 0 saturated heterocycles. The lowest BCUT2D eigenvalue weighted by atomic mass is 10.1. The Kier molecular flexibility index (Phi) is 4.20. The maximum Gasteiger partial charge on any atom is 0.255 e. The van der Waals surface area contributed by atoms with Gasteiger partial charge in [-0.2, -0.15) is 0 Å².